The van der Waals surface area contributed by atoms with Gasteiger partial charge in [0.2, 0.25) is 5.91 Å². The van der Waals surface area contributed by atoms with Crippen molar-refractivity contribution in [3.63, 3.8) is 0 Å². The second kappa shape index (κ2) is 5.71. The summed E-state index contributed by atoms with van der Waals surface area (Å²) in [5.74, 6) is 0.995. The standard InChI is InChI=1S/C13H11BrN2O3/c1-18-12-6-8(13(15)17)2-3-11(12)19-10-4-5-16-7-9(10)14/h2-7H,1H3,(H2,15,17). The van der Waals surface area contributed by atoms with E-state index in [9.17, 15) is 4.79 Å². The predicted octanol–water partition coefficient (Wildman–Crippen LogP) is 2.74. The number of hydrogen-bond donors (Lipinski definition) is 1. The SMILES string of the molecule is COc1cc(C(N)=O)ccc1Oc1ccncc1Br. The molecule has 1 aromatic carbocycles. The van der Waals surface area contributed by atoms with Crippen molar-refractivity contribution in [3.8, 4) is 17.2 Å². The molecule has 1 aromatic heterocycles. The number of halogens is 1. The van der Waals surface area contributed by atoms with E-state index in [1.807, 2.05) is 0 Å². The van der Waals surface area contributed by atoms with Gasteiger partial charge >= 0.3 is 0 Å². The summed E-state index contributed by atoms with van der Waals surface area (Å²) in [5.41, 5.74) is 5.57. The van der Waals surface area contributed by atoms with E-state index in [4.69, 9.17) is 15.2 Å². The number of primary amides is 1. The van der Waals surface area contributed by atoms with E-state index in [2.05, 4.69) is 20.9 Å². The predicted molar refractivity (Wildman–Crippen MR) is 73.5 cm³/mol. The molecule has 2 aromatic rings. The minimum absolute atomic E-state index is 0.359. The van der Waals surface area contributed by atoms with Crippen LogP contribution in [-0.4, -0.2) is 18.0 Å². The molecular weight excluding hydrogens is 312 g/mol. The lowest BCUT2D eigenvalue weighted by Gasteiger charge is -2.11. The molecule has 0 saturated heterocycles. The highest BCUT2D eigenvalue weighted by Gasteiger charge is 2.11. The highest BCUT2D eigenvalue weighted by molar-refractivity contribution is 9.10. The number of carbonyl (C=O) groups is 1. The first-order valence-electron chi connectivity index (χ1n) is 5.37. The summed E-state index contributed by atoms with van der Waals surface area (Å²) in [7, 11) is 1.49. The van der Waals surface area contributed by atoms with Crippen LogP contribution in [0.2, 0.25) is 0 Å². The van der Waals surface area contributed by atoms with Gasteiger partial charge in [-0.05, 0) is 34.1 Å². The molecule has 2 rings (SSSR count). The van der Waals surface area contributed by atoms with Gasteiger partial charge in [-0.2, -0.15) is 0 Å². The molecule has 0 fully saturated rings. The van der Waals surface area contributed by atoms with E-state index in [1.54, 1.807) is 30.6 Å². The third kappa shape index (κ3) is 3.03. The number of benzene rings is 1. The second-order valence-corrected chi connectivity index (χ2v) is 4.49. The summed E-state index contributed by atoms with van der Waals surface area (Å²) in [5, 5.41) is 0. The fourth-order valence-corrected chi connectivity index (χ4v) is 1.80. The molecule has 0 radical (unpaired) electrons. The number of nitrogens with two attached hydrogens (primary N) is 1. The number of rotatable bonds is 4. The molecule has 0 spiro atoms. The first-order valence-corrected chi connectivity index (χ1v) is 6.16. The fourth-order valence-electron chi connectivity index (χ4n) is 1.47. The summed E-state index contributed by atoms with van der Waals surface area (Å²) in [6, 6.07) is 6.46. The van der Waals surface area contributed by atoms with Crippen molar-refractivity contribution < 1.29 is 14.3 Å². The van der Waals surface area contributed by atoms with Crippen molar-refractivity contribution in [2.75, 3.05) is 7.11 Å². The van der Waals surface area contributed by atoms with E-state index in [-0.39, 0.29) is 0 Å². The third-order valence-corrected chi connectivity index (χ3v) is 3.00. The maximum absolute atomic E-state index is 11.1. The molecule has 0 aliphatic carbocycles. The average molecular weight is 323 g/mol. The molecule has 1 amide bonds. The molecule has 0 unspecified atom stereocenters. The Labute approximate surface area is 118 Å². The fraction of sp³-hybridized carbons (Fsp3) is 0.0769. The van der Waals surface area contributed by atoms with Crippen molar-refractivity contribution in [3.05, 3.63) is 46.7 Å². The van der Waals surface area contributed by atoms with Gasteiger partial charge in [-0.25, -0.2) is 0 Å². The maximum atomic E-state index is 11.1. The van der Waals surface area contributed by atoms with Crippen LogP contribution in [0, 0.1) is 0 Å². The molecular formula is C13H11BrN2O3. The van der Waals surface area contributed by atoms with Crippen LogP contribution < -0.4 is 15.2 Å². The van der Waals surface area contributed by atoms with Crippen LogP contribution >= 0.6 is 15.9 Å². The van der Waals surface area contributed by atoms with Gasteiger partial charge in [-0.1, -0.05) is 0 Å². The Morgan fingerprint density at radius 3 is 2.68 bits per heavy atom. The molecule has 0 atom stereocenters. The number of pyridine rings is 1. The van der Waals surface area contributed by atoms with Crippen molar-refractivity contribution in [1.82, 2.24) is 4.98 Å². The van der Waals surface area contributed by atoms with Crippen molar-refractivity contribution in [1.29, 1.82) is 0 Å². The summed E-state index contributed by atoms with van der Waals surface area (Å²) < 4.78 is 11.6. The molecule has 1 heterocycles. The Kier molecular flexibility index (Phi) is 4.01. The van der Waals surface area contributed by atoms with Crippen LogP contribution in [0.1, 0.15) is 10.4 Å². The first kappa shape index (κ1) is 13.4. The van der Waals surface area contributed by atoms with Gasteiger partial charge in [0.15, 0.2) is 11.5 Å². The number of methoxy groups -OCH3 is 1. The van der Waals surface area contributed by atoms with E-state index in [0.717, 1.165) is 4.47 Å². The van der Waals surface area contributed by atoms with Gasteiger partial charge in [-0.3, -0.25) is 9.78 Å². The first-order chi connectivity index (χ1) is 9.11. The topological polar surface area (TPSA) is 74.4 Å². The Morgan fingerprint density at radius 2 is 2.05 bits per heavy atom. The zero-order chi connectivity index (χ0) is 13.8. The van der Waals surface area contributed by atoms with Crippen molar-refractivity contribution >= 4 is 21.8 Å². The Bertz CT molecular complexity index is 617. The van der Waals surface area contributed by atoms with E-state index in [0.29, 0.717) is 22.8 Å². The Morgan fingerprint density at radius 1 is 1.26 bits per heavy atom. The summed E-state index contributed by atoms with van der Waals surface area (Å²) in [6.07, 6.45) is 3.24. The number of aromatic nitrogens is 1. The van der Waals surface area contributed by atoms with Crippen molar-refractivity contribution in [2.24, 2.45) is 5.73 Å². The van der Waals surface area contributed by atoms with Crippen LogP contribution in [0.4, 0.5) is 0 Å². The Hall–Kier alpha value is -2.08. The molecule has 2 N–H and O–H groups in total. The molecule has 98 valence electrons. The zero-order valence-electron chi connectivity index (χ0n) is 10.1. The van der Waals surface area contributed by atoms with Crippen LogP contribution in [-0.2, 0) is 0 Å². The van der Waals surface area contributed by atoms with Gasteiger partial charge in [0, 0.05) is 24.0 Å². The lowest BCUT2D eigenvalue weighted by atomic mass is 10.2. The quantitative estimate of drug-likeness (QED) is 0.939. The van der Waals surface area contributed by atoms with Gasteiger partial charge in [0.25, 0.3) is 0 Å². The van der Waals surface area contributed by atoms with Crippen LogP contribution in [0.25, 0.3) is 0 Å². The van der Waals surface area contributed by atoms with Gasteiger partial charge in [-0.15, -0.1) is 0 Å². The average Bonchev–Trinajstić information content (AvgIpc) is 2.41. The highest BCUT2D eigenvalue weighted by atomic mass is 79.9. The second-order valence-electron chi connectivity index (χ2n) is 3.64. The molecule has 0 bridgehead atoms. The lowest BCUT2D eigenvalue weighted by Crippen LogP contribution is -2.10. The van der Waals surface area contributed by atoms with E-state index < -0.39 is 5.91 Å². The number of ether oxygens (including phenoxy) is 2. The number of carbonyl (C=O) groups excluding carboxylic acids is 1. The molecule has 19 heavy (non-hydrogen) atoms. The van der Waals surface area contributed by atoms with Crippen molar-refractivity contribution in [2.45, 2.75) is 0 Å². The molecule has 6 heteroatoms. The van der Waals surface area contributed by atoms with Crippen LogP contribution in [0.3, 0.4) is 0 Å². The minimum atomic E-state index is -0.519. The van der Waals surface area contributed by atoms with E-state index in [1.165, 1.54) is 13.2 Å². The number of nitrogens with zero attached hydrogens (tertiary/aromatic N) is 1. The summed E-state index contributed by atoms with van der Waals surface area (Å²) >= 11 is 3.34. The zero-order valence-corrected chi connectivity index (χ0v) is 11.7. The maximum Gasteiger partial charge on any atom is 0.248 e. The summed E-state index contributed by atoms with van der Waals surface area (Å²) in [4.78, 5) is 15.1. The van der Waals surface area contributed by atoms with Crippen LogP contribution in [0.15, 0.2) is 41.1 Å². The smallest absolute Gasteiger partial charge is 0.248 e. The largest absolute Gasteiger partial charge is 0.493 e. The van der Waals surface area contributed by atoms with Crippen LogP contribution in [0.5, 0.6) is 17.2 Å². The van der Waals surface area contributed by atoms with Gasteiger partial charge in [0.05, 0.1) is 11.6 Å². The normalized spacial score (nSPS) is 10.0. The lowest BCUT2D eigenvalue weighted by molar-refractivity contribution is 0.1000. The van der Waals surface area contributed by atoms with Gasteiger partial charge < -0.3 is 15.2 Å². The van der Waals surface area contributed by atoms with Gasteiger partial charge in [0.1, 0.15) is 5.75 Å². The molecule has 5 nitrogen and oxygen atoms in total. The van der Waals surface area contributed by atoms with E-state index >= 15 is 0 Å². The third-order valence-electron chi connectivity index (χ3n) is 2.40. The number of hydrogen-bond acceptors (Lipinski definition) is 4. The molecule has 0 aliphatic rings. The molecule has 0 saturated carbocycles. The Balaban J connectivity index is 2.35. The monoisotopic (exact) mass is 322 g/mol. The number of amides is 1. The minimum Gasteiger partial charge on any atom is -0.493 e. The summed E-state index contributed by atoms with van der Waals surface area (Å²) in [6.45, 7) is 0. The molecule has 0 aliphatic heterocycles. The highest BCUT2D eigenvalue weighted by Crippen LogP contribution is 2.35.